The minimum atomic E-state index is -0.800. The average molecular weight is 204 g/mol. The summed E-state index contributed by atoms with van der Waals surface area (Å²) < 4.78 is 0. The number of carboxylic acids is 1. The number of nitrogens with one attached hydrogen (secondary N) is 1. The van der Waals surface area contributed by atoms with Crippen LogP contribution in [0.15, 0.2) is 11.6 Å². The molecule has 2 saturated heterocycles. The molecule has 0 aromatic rings. The Morgan fingerprint density at radius 2 is 1.92 bits per heavy atom. The molecule has 2 atom stereocenters. The molecule has 2 rings (SSSR count). The quantitative estimate of drug-likeness (QED) is 0.633. The van der Waals surface area contributed by atoms with E-state index in [1.54, 1.807) is 0 Å². The molecule has 2 aliphatic rings. The molecule has 0 aromatic carbocycles. The van der Waals surface area contributed by atoms with E-state index in [2.05, 4.69) is 5.32 Å². The van der Waals surface area contributed by atoms with Gasteiger partial charge in [-0.1, -0.05) is 5.57 Å². The van der Waals surface area contributed by atoms with Crippen molar-refractivity contribution in [2.45, 2.75) is 37.8 Å². The Kier molecular flexibility index (Phi) is 3.33. The molecular formula is C9H14ClNO2. The number of carbonyl (C=O) groups is 1. The number of fused-ring (bicyclic) bond motifs is 2. The van der Waals surface area contributed by atoms with Crippen molar-refractivity contribution in [3.05, 3.63) is 11.6 Å². The van der Waals surface area contributed by atoms with Crippen molar-refractivity contribution in [3.8, 4) is 0 Å². The molecule has 0 aliphatic carbocycles. The lowest BCUT2D eigenvalue weighted by Gasteiger charge is -2.22. The zero-order valence-electron chi connectivity index (χ0n) is 7.32. The molecule has 2 N–H and O–H groups in total. The number of hydrogen-bond donors (Lipinski definition) is 2. The van der Waals surface area contributed by atoms with E-state index in [-0.39, 0.29) is 12.4 Å². The number of rotatable bonds is 1. The fraction of sp³-hybridized carbons (Fsp3) is 0.667. The van der Waals surface area contributed by atoms with Crippen molar-refractivity contribution in [3.63, 3.8) is 0 Å². The second-order valence-corrected chi connectivity index (χ2v) is 3.69. The van der Waals surface area contributed by atoms with E-state index in [9.17, 15) is 4.79 Å². The highest BCUT2D eigenvalue weighted by Gasteiger charge is 2.30. The maximum absolute atomic E-state index is 10.4. The molecule has 74 valence electrons. The molecule has 2 unspecified atom stereocenters. The van der Waals surface area contributed by atoms with Crippen molar-refractivity contribution in [2.24, 2.45) is 0 Å². The highest BCUT2D eigenvalue weighted by atomic mass is 35.5. The zero-order valence-corrected chi connectivity index (χ0v) is 8.14. The predicted octanol–water partition coefficient (Wildman–Crippen LogP) is 1.33. The van der Waals surface area contributed by atoms with Crippen LogP contribution in [0.3, 0.4) is 0 Å². The molecule has 0 radical (unpaired) electrons. The Hall–Kier alpha value is -0.540. The Labute approximate surface area is 83.6 Å². The molecular weight excluding hydrogens is 190 g/mol. The molecule has 4 heteroatoms. The summed E-state index contributed by atoms with van der Waals surface area (Å²) in [7, 11) is 0. The summed E-state index contributed by atoms with van der Waals surface area (Å²) in [5.41, 5.74) is 1.11. The smallest absolute Gasteiger partial charge is 0.328 e. The maximum Gasteiger partial charge on any atom is 0.328 e. The van der Waals surface area contributed by atoms with Crippen LogP contribution >= 0.6 is 12.4 Å². The van der Waals surface area contributed by atoms with E-state index in [4.69, 9.17) is 5.11 Å². The van der Waals surface area contributed by atoms with Crippen LogP contribution < -0.4 is 5.32 Å². The first-order chi connectivity index (χ1) is 5.74. The number of piperidine rings is 1. The van der Waals surface area contributed by atoms with Crippen LogP contribution in [0, 0.1) is 0 Å². The summed E-state index contributed by atoms with van der Waals surface area (Å²) in [4.78, 5) is 10.4. The van der Waals surface area contributed by atoms with Crippen LogP contribution in [-0.2, 0) is 4.79 Å². The first-order valence-electron chi connectivity index (χ1n) is 4.42. The van der Waals surface area contributed by atoms with Gasteiger partial charge in [0.05, 0.1) is 0 Å². The minimum absolute atomic E-state index is 0. The Bertz CT molecular complexity index is 226. The third-order valence-electron chi connectivity index (χ3n) is 2.68. The lowest BCUT2D eigenvalue weighted by Crippen LogP contribution is -2.34. The summed E-state index contributed by atoms with van der Waals surface area (Å²) in [6, 6.07) is 1.10. The molecule has 13 heavy (non-hydrogen) atoms. The Morgan fingerprint density at radius 3 is 2.38 bits per heavy atom. The van der Waals surface area contributed by atoms with Gasteiger partial charge in [0.2, 0.25) is 0 Å². The molecule has 2 fully saturated rings. The Balaban J connectivity index is 0.000000845. The van der Waals surface area contributed by atoms with Crippen LogP contribution in [0.5, 0.6) is 0 Å². The summed E-state index contributed by atoms with van der Waals surface area (Å²) in [6.07, 6.45) is 5.67. The summed E-state index contributed by atoms with van der Waals surface area (Å²) in [5.74, 6) is -0.800. The first-order valence-corrected chi connectivity index (χ1v) is 4.42. The van der Waals surface area contributed by atoms with Gasteiger partial charge in [-0.3, -0.25) is 0 Å². The van der Waals surface area contributed by atoms with Gasteiger partial charge in [0, 0.05) is 18.2 Å². The lowest BCUT2D eigenvalue weighted by atomic mass is 9.99. The maximum atomic E-state index is 10.4. The van der Waals surface area contributed by atoms with Gasteiger partial charge in [0.1, 0.15) is 0 Å². The normalized spacial score (nSPS) is 30.9. The van der Waals surface area contributed by atoms with E-state index >= 15 is 0 Å². The van der Waals surface area contributed by atoms with Gasteiger partial charge in [-0.15, -0.1) is 12.4 Å². The number of hydrogen-bond acceptors (Lipinski definition) is 2. The van der Waals surface area contributed by atoms with Crippen LogP contribution in [0.25, 0.3) is 0 Å². The molecule has 0 aromatic heterocycles. The van der Waals surface area contributed by atoms with Gasteiger partial charge in [0.25, 0.3) is 0 Å². The SMILES string of the molecule is Cl.O=C(O)C=C1CC2CCC(C1)N2. The zero-order chi connectivity index (χ0) is 8.55. The van der Waals surface area contributed by atoms with E-state index < -0.39 is 5.97 Å². The third kappa shape index (κ3) is 2.45. The molecule has 2 bridgehead atoms. The van der Waals surface area contributed by atoms with Gasteiger partial charge in [-0.25, -0.2) is 4.79 Å². The second kappa shape index (κ2) is 4.11. The van der Waals surface area contributed by atoms with Gasteiger partial charge >= 0.3 is 5.97 Å². The van der Waals surface area contributed by atoms with Crippen LogP contribution in [-0.4, -0.2) is 23.2 Å². The third-order valence-corrected chi connectivity index (χ3v) is 2.68. The van der Waals surface area contributed by atoms with Crippen molar-refractivity contribution >= 4 is 18.4 Å². The van der Waals surface area contributed by atoms with Gasteiger partial charge in [-0.2, -0.15) is 0 Å². The number of carboxylic acid groups (broad SMARTS) is 1. The van der Waals surface area contributed by atoms with Crippen molar-refractivity contribution in [1.82, 2.24) is 5.32 Å². The standard InChI is InChI=1S/C9H13NO2.ClH/c11-9(12)5-6-3-7-1-2-8(4-6)10-7;/h5,7-8,10H,1-4H2,(H,11,12);1H. The lowest BCUT2D eigenvalue weighted by molar-refractivity contribution is -0.131. The molecule has 0 saturated carbocycles. The summed E-state index contributed by atoms with van der Waals surface area (Å²) in [5, 5.41) is 12.0. The van der Waals surface area contributed by atoms with E-state index in [0.717, 1.165) is 18.4 Å². The Morgan fingerprint density at radius 1 is 1.38 bits per heavy atom. The largest absolute Gasteiger partial charge is 0.478 e. The fourth-order valence-electron chi connectivity index (χ4n) is 2.23. The van der Waals surface area contributed by atoms with Gasteiger partial charge < -0.3 is 10.4 Å². The molecule has 2 aliphatic heterocycles. The average Bonchev–Trinajstić information content (AvgIpc) is 2.29. The van der Waals surface area contributed by atoms with Crippen LogP contribution in [0.2, 0.25) is 0 Å². The fourth-order valence-corrected chi connectivity index (χ4v) is 2.23. The second-order valence-electron chi connectivity index (χ2n) is 3.69. The van der Waals surface area contributed by atoms with Crippen LogP contribution in [0.4, 0.5) is 0 Å². The number of aliphatic carboxylic acids is 1. The summed E-state index contributed by atoms with van der Waals surface area (Å²) >= 11 is 0. The molecule has 3 nitrogen and oxygen atoms in total. The van der Waals surface area contributed by atoms with Crippen molar-refractivity contribution in [1.29, 1.82) is 0 Å². The van der Waals surface area contributed by atoms with E-state index in [1.165, 1.54) is 18.9 Å². The topological polar surface area (TPSA) is 49.3 Å². The van der Waals surface area contributed by atoms with Gasteiger partial charge in [-0.05, 0) is 25.7 Å². The number of halogens is 1. The molecule has 0 amide bonds. The minimum Gasteiger partial charge on any atom is -0.478 e. The van der Waals surface area contributed by atoms with E-state index in [0.29, 0.717) is 12.1 Å². The molecule has 0 spiro atoms. The molecule has 2 heterocycles. The summed E-state index contributed by atoms with van der Waals surface area (Å²) in [6.45, 7) is 0. The van der Waals surface area contributed by atoms with Crippen LogP contribution in [0.1, 0.15) is 25.7 Å². The first kappa shape index (κ1) is 10.5. The van der Waals surface area contributed by atoms with E-state index in [1.807, 2.05) is 0 Å². The highest BCUT2D eigenvalue weighted by molar-refractivity contribution is 5.85. The van der Waals surface area contributed by atoms with Crippen molar-refractivity contribution < 1.29 is 9.90 Å². The monoisotopic (exact) mass is 203 g/mol. The van der Waals surface area contributed by atoms with Gasteiger partial charge in [0.15, 0.2) is 0 Å². The highest BCUT2D eigenvalue weighted by Crippen LogP contribution is 2.29. The van der Waals surface area contributed by atoms with Crippen molar-refractivity contribution in [2.75, 3.05) is 0 Å². The predicted molar refractivity (Wildman–Crippen MR) is 52.1 cm³/mol.